The number of hydrogen-bond acceptors (Lipinski definition) is 5. The van der Waals surface area contributed by atoms with Gasteiger partial charge in [-0.05, 0) is 33.6 Å². The molecule has 7 heteroatoms. The van der Waals surface area contributed by atoms with Gasteiger partial charge in [-0.25, -0.2) is 9.79 Å². The third kappa shape index (κ3) is 2.45. The summed E-state index contributed by atoms with van der Waals surface area (Å²) in [6, 6.07) is 4.54. The summed E-state index contributed by atoms with van der Waals surface area (Å²) in [5, 5.41) is 10.8. The smallest absolute Gasteiger partial charge is 0.363 e. The molecule has 1 aliphatic heterocycles. The first-order valence-electron chi connectivity index (χ1n) is 4.90. The van der Waals surface area contributed by atoms with Gasteiger partial charge in [0.1, 0.15) is 0 Å². The van der Waals surface area contributed by atoms with E-state index >= 15 is 0 Å². The molecule has 1 aromatic rings. The number of hydrogen-bond donors (Lipinski definition) is 0. The van der Waals surface area contributed by atoms with E-state index in [4.69, 9.17) is 4.74 Å². The Morgan fingerprint density at radius 1 is 1.50 bits per heavy atom. The number of carbonyl (C=O) groups excluding carboxylic acids is 1. The molecule has 0 aliphatic carbocycles. The van der Waals surface area contributed by atoms with Gasteiger partial charge in [0, 0.05) is 13.0 Å². The minimum Gasteiger partial charge on any atom is -0.407 e. The largest absolute Gasteiger partial charge is 0.407 e. The van der Waals surface area contributed by atoms with Crippen LogP contribution >= 0.6 is 15.9 Å². The van der Waals surface area contributed by atoms with Gasteiger partial charge in [0.05, 0.1) is 9.40 Å². The second-order valence-corrected chi connectivity index (χ2v) is 4.37. The number of nitro benzene ring substituents is 1. The monoisotopic (exact) mass is 310 g/mol. The van der Waals surface area contributed by atoms with Crippen LogP contribution < -0.4 is 0 Å². The maximum Gasteiger partial charge on any atom is 0.363 e. The minimum atomic E-state index is -0.557. The third-order valence-electron chi connectivity index (χ3n) is 2.20. The molecule has 0 bridgehead atoms. The average Bonchev–Trinajstić information content (AvgIpc) is 2.60. The van der Waals surface area contributed by atoms with Crippen LogP contribution in [0, 0.1) is 10.1 Å². The molecule has 0 amide bonds. The number of carbonyl (C=O) groups is 1. The second kappa shape index (κ2) is 4.69. The highest BCUT2D eigenvalue weighted by molar-refractivity contribution is 9.10. The molecule has 0 saturated carbocycles. The fraction of sp³-hybridized carbons (Fsp3) is 0.0909. The second-order valence-electron chi connectivity index (χ2n) is 3.52. The van der Waals surface area contributed by atoms with Crippen molar-refractivity contribution in [3.63, 3.8) is 0 Å². The zero-order valence-corrected chi connectivity index (χ0v) is 10.8. The number of rotatable bonds is 2. The highest BCUT2D eigenvalue weighted by Gasteiger charge is 2.20. The first kappa shape index (κ1) is 12.4. The molecule has 0 radical (unpaired) electrons. The Labute approximate surface area is 110 Å². The standard InChI is InChI=1S/C11H7BrN2O4/c1-6-13-9(11(15)18-6)4-7-2-3-8(12)10(5-7)14(16)17/h2-5H,1H3. The van der Waals surface area contributed by atoms with Crippen LogP contribution in [0.4, 0.5) is 5.69 Å². The Hall–Kier alpha value is -2.02. The summed E-state index contributed by atoms with van der Waals surface area (Å²) >= 11 is 3.08. The Morgan fingerprint density at radius 3 is 2.78 bits per heavy atom. The van der Waals surface area contributed by atoms with Gasteiger partial charge in [-0.15, -0.1) is 0 Å². The highest BCUT2D eigenvalue weighted by Crippen LogP contribution is 2.27. The molecular weight excluding hydrogens is 304 g/mol. The lowest BCUT2D eigenvalue weighted by Crippen LogP contribution is -1.99. The Balaban J connectivity index is 2.42. The number of nitrogens with zero attached hydrogens (tertiary/aromatic N) is 2. The van der Waals surface area contributed by atoms with E-state index < -0.39 is 10.9 Å². The zero-order chi connectivity index (χ0) is 13.3. The van der Waals surface area contributed by atoms with Crippen molar-refractivity contribution in [3.8, 4) is 0 Å². The molecule has 1 aliphatic rings. The Kier molecular flexibility index (Phi) is 3.24. The number of benzene rings is 1. The molecule has 1 aromatic carbocycles. The topological polar surface area (TPSA) is 81.8 Å². The van der Waals surface area contributed by atoms with Crippen LogP contribution in [0.5, 0.6) is 0 Å². The van der Waals surface area contributed by atoms with Gasteiger partial charge in [0.25, 0.3) is 5.69 Å². The summed E-state index contributed by atoms with van der Waals surface area (Å²) in [6.45, 7) is 1.56. The fourth-order valence-corrected chi connectivity index (χ4v) is 1.82. The molecule has 6 nitrogen and oxygen atoms in total. The molecule has 0 saturated heterocycles. The summed E-state index contributed by atoms with van der Waals surface area (Å²) in [6.07, 6.45) is 1.44. The van der Waals surface area contributed by atoms with E-state index in [9.17, 15) is 14.9 Å². The molecule has 18 heavy (non-hydrogen) atoms. The Morgan fingerprint density at radius 2 is 2.22 bits per heavy atom. The molecule has 0 unspecified atom stereocenters. The summed E-state index contributed by atoms with van der Waals surface area (Å²) in [4.78, 5) is 25.5. The van der Waals surface area contributed by atoms with E-state index in [1.54, 1.807) is 19.1 Å². The highest BCUT2D eigenvalue weighted by atomic mass is 79.9. The first-order valence-corrected chi connectivity index (χ1v) is 5.70. The minimum absolute atomic E-state index is 0.0728. The fourth-order valence-electron chi connectivity index (χ4n) is 1.43. The number of cyclic esters (lactones) is 1. The third-order valence-corrected chi connectivity index (χ3v) is 2.87. The van der Waals surface area contributed by atoms with E-state index in [0.29, 0.717) is 10.0 Å². The van der Waals surface area contributed by atoms with Gasteiger partial charge in [-0.3, -0.25) is 10.1 Å². The van der Waals surface area contributed by atoms with Crippen molar-refractivity contribution in [2.75, 3.05) is 0 Å². The lowest BCUT2D eigenvalue weighted by Gasteiger charge is -1.97. The number of halogens is 1. The molecule has 0 fully saturated rings. The van der Waals surface area contributed by atoms with Crippen LogP contribution in [0.2, 0.25) is 0 Å². The summed E-state index contributed by atoms with van der Waals surface area (Å²) in [5.41, 5.74) is 0.566. The van der Waals surface area contributed by atoms with Gasteiger partial charge in [-0.1, -0.05) is 6.07 Å². The predicted octanol–water partition coefficient (Wildman–Crippen LogP) is 2.67. The summed E-state index contributed by atoms with van der Waals surface area (Å²) in [5.74, 6) is -0.295. The molecular formula is C11H7BrN2O4. The Bertz CT molecular complexity index is 607. The zero-order valence-electron chi connectivity index (χ0n) is 9.21. The van der Waals surface area contributed by atoms with Crippen LogP contribution in [-0.2, 0) is 9.53 Å². The summed E-state index contributed by atoms with van der Waals surface area (Å²) < 4.78 is 5.13. The lowest BCUT2D eigenvalue weighted by atomic mass is 10.1. The van der Waals surface area contributed by atoms with E-state index in [1.807, 2.05) is 0 Å². The van der Waals surface area contributed by atoms with Crippen molar-refractivity contribution in [1.29, 1.82) is 0 Å². The number of aliphatic imine (C=N–C) groups is 1. The van der Waals surface area contributed by atoms with Gasteiger partial charge < -0.3 is 4.74 Å². The van der Waals surface area contributed by atoms with Crippen LogP contribution in [0.25, 0.3) is 6.08 Å². The van der Waals surface area contributed by atoms with Crippen molar-refractivity contribution < 1.29 is 14.5 Å². The molecule has 0 spiro atoms. The quantitative estimate of drug-likeness (QED) is 0.364. The van der Waals surface area contributed by atoms with Gasteiger partial charge in [0.15, 0.2) is 11.6 Å². The average molecular weight is 311 g/mol. The van der Waals surface area contributed by atoms with E-state index in [1.165, 1.54) is 12.1 Å². The molecule has 2 rings (SSSR count). The van der Waals surface area contributed by atoms with Gasteiger partial charge in [-0.2, -0.15) is 0 Å². The van der Waals surface area contributed by atoms with E-state index in [2.05, 4.69) is 20.9 Å². The molecule has 1 heterocycles. The maximum atomic E-state index is 11.3. The number of ether oxygens (including phenoxy) is 1. The van der Waals surface area contributed by atoms with Crippen molar-refractivity contribution in [1.82, 2.24) is 0 Å². The number of esters is 1. The maximum absolute atomic E-state index is 11.3. The van der Waals surface area contributed by atoms with Crippen LogP contribution in [0.15, 0.2) is 33.4 Å². The van der Waals surface area contributed by atoms with Crippen molar-refractivity contribution >= 4 is 39.6 Å². The lowest BCUT2D eigenvalue weighted by molar-refractivity contribution is -0.385. The normalized spacial score (nSPS) is 16.7. The van der Waals surface area contributed by atoms with Gasteiger partial charge >= 0.3 is 5.97 Å². The molecule has 0 N–H and O–H groups in total. The van der Waals surface area contributed by atoms with Crippen LogP contribution in [0.3, 0.4) is 0 Å². The van der Waals surface area contributed by atoms with Crippen LogP contribution in [-0.4, -0.2) is 16.8 Å². The molecule has 0 atom stereocenters. The van der Waals surface area contributed by atoms with E-state index in [-0.39, 0.29) is 17.3 Å². The van der Waals surface area contributed by atoms with Crippen molar-refractivity contribution in [2.45, 2.75) is 6.92 Å². The van der Waals surface area contributed by atoms with E-state index in [0.717, 1.165) is 0 Å². The van der Waals surface area contributed by atoms with Crippen molar-refractivity contribution in [2.24, 2.45) is 4.99 Å². The van der Waals surface area contributed by atoms with Crippen molar-refractivity contribution in [3.05, 3.63) is 44.0 Å². The summed E-state index contributed by atoms with van der Waals surface area (Å²) in [7, 11) is 0. The predicted molar refractivity (Wildman–Crippen MR) is 68.0 cm³/mol. The number of nitro groups is 1. The van der Waals surface area contributed by atoms with Gasteiger partial charge in [0.2, 0.25) is 0 Å². The SMILES string of the molecule is CC1=NC(=Cc2ccc(Br)c([N+](=O)[O-])c2)C(=O)O1. The molecule has 92 valence electrons. The van der Waals surface area contributed by atoms with Crippen LogP contribution in [0.1, 0.15) is 12.5 Å². The molecule has 0 aromatic heterocycles. The first-order chi connectivity index (χ1) is 8.47.